The van der Waals surface area contributed by atoms with Gasteiger partial charge in [0, 0.05) is 35.4 Å². The largest absolute Gasteiger partial charge is 0.497 e. The lowest BCUT2D eigenvalue weighted by atomic mass is 9.70. The van der Waals surface area contributed by atoms with Crippen LogP contribution in [0, 0.1) is 0 Å². The molecule has 8 nitrogen and oxygen atoms in total. The van der Waals surface area contributed by atoms with Gasteiger partial charge in [-0.25, -0.2) is 0 Å². The molecule has 6 aromatic carbocycles. The van der Waals surface area contributed by atoms with Gasteiger partial charge >= 0.3 is 0 Å². The van der Waals surface area contributed by atoms with Gasteiger partial charge in [-0.15, -0.1) is 0 Å². The fourth-order valence-electron chi connectivity index (χ4n) is 7.56. The zero-order valence-electron chi connectivity index (χ0n) is 29.3. The average Bonchev–Trinajstić information content (AvgIpc) is 3.69. The van der Waals surface area contributed by atoms with Gasteiger partial charge in [-0.3, -0.25) is 9.59 Å². The molecular weight excluding hydrogens is 652 g/mol. The van der Waals surface area contributed by atoms with Crippen molar-refractivity contribution >= 4 is 23.2 Å². The third-order valence-corrected chi connectivity index (χ3v) is 9.82. The lowest BCUT2D eigenvalue weighted by molar-refractivity contribution is -0.119. The Bertz CT molecular complexity index is 1990. The molecule has 52 heavy (non-hydrogen) atoms. The summed E-state index contributed by atoms with van der Waals surface area (Å²) in [5.41, 5.74) is 4.66. The number of carbonyl (C=O) groups is 2. The van der Waals surface area contributed by atoms with Crippen molar-refractivity contribution < 1.29 is 28.5 Å². The molecule has 6 aromatic rings. The number of fused-ring (bicyclic) bond motifs is 2. The van der Waals surface area contributed by atoms with Crippen LogP contribution in [0.4, 0.5) is 11.4 Å². The Morgan fingerprint density at radius 2 is 0.692 bits per heavy atom. The average molecular weight is 691 g/mol. The van der Waals surface area contributed by atoms with Gasteiger partial charge in [0.1, 0.15) is 33.8 Å². The molecule has 0 bridgehead atoms. The van der Waals surface area contributed by atoms with Crippen LogP contribution in [0.1, 0.15) is 33.4 Å². The van der Waals surface area contributed by atoms with E-state index in [0.717, 1.165) is 33.4 Å². The zero-order valence-corrected chi connectivity index (χ0v) is 29.3. The van der Waals surface area contributed by atoms with Crippen LogP contribution >= 0.6 is 0 Å². The number of nitrogens with one attached hydrogen (secondary N) is 2. The van der Waals surface area contributed by atoms with E-state index in [2.05, 4.69) is 10.6 Å². The maximum atomic E-state index is 13.4. The van der Waals surface area contributed by atoms with Crippen LogP contribution in [0.15, 0.2) is 146 Å². The third kappa shape index (κ3) is 5.31. The summed E-state index contributed by atoms with van der Waals surface area (Å²) in [4.78, 5) is 26.8. The quantitative estimate of drug-likeness (QED) is 0.168. The molecule has 260 valence electrons. The van der Waals surface area contributed by atoms with Crippen LogP contribution in [0.25, 0.3) is 0 Å². The minimum absolute atomic E-state index is 0.101. The normalized spacial score (nSPS) is 14.5. The van der Waals surface area contributed by atoms with Crippen LogP contribution in [0.2, 0.25) is 0 Å². The van der Waals surface area contributed by atoms with Crippen LogP contribution in [0.5, 0.6) is 23.0 Å². The highest BCUT2D eigenvalue weighted by Crippen LogP contribution is 2.54. The second-order valence-corrected chi connectivity index (χ2v) is 12.4. The maximum Gasteiger partial charge on any atom is 0.244 e. The molecule has 2 N–H and O–H groups in total. The summed E-state index contributed by atoms with van der Waals surface area (Å²) in [7, 11) is 6.41. The minimum Gasteiger partial charge on any atom is -0.497 e. The number of amides is 2. The van der Waals surface area contributed by atoms with Crippen LogP contribution in [-0.2, 0) is 20.4 Å². The highest BCUT2D eigenvalue weighted by atomic mass is 16.5. The van der Waals surface area contributed by atoms with E-state index < -0.39 is 10.8 Å². The molecule has 0 fully saturated rings. The van der Waals surface area contributed by atoms with Crippen molar-refractivity contribution in [3.63, 3.8) is 0 Å². The fourth-order valence-corrected chi connectivity index (χ4v) is 7.56. The smallest absolute Gasteiger partial charge is 0.244 e. The fraction of sp³-hybridized carbons (Fsp3) is 0.136. The first-order chi connectivity index (χ1) is 25.4. The number of anilines is 2. The Balaban J connectivity index is 0.000000162. The number of ether oxygens (including phenoxy) is 4. The highest BCUT2D eigenvalue weighted by Gasteiger charge is 2.53. The number of benzene rings is 6. The first-order valence-corrected chi connectivity index (χ1v) is 16.8. The Morgan fingerprint density at radius 3 is 0.942 bits per heavy atom. The number of methoxy groups -OCH3 is 4. The molecule has 0 saturated heterocycles. The van der Waals surface area contributed by atoms with Crippen molar-refractivity contribution in [3.8, 4) is 23.0 Å². The summed E-state index contributed by atoms with van der Waals surface area (Å²) >= 11 is 0. The van der Waals surface area contributed by atoms with Crippen molar-refractivity contribution in [2.45, 2.75) is 10.8 Å². The SMILES string of the molecule is COc1cc2c(c(OC)c1)C(c1ccccc1)(c1ccccc1)C(=O)N2.COc1cc2c(c(OC)c1)C(c1ccccc1)(c1ccccc1)C(=O)N2. The van der Waals surface area contributed by atoms with Gasteiger partial charge < -0.3 is 29.6 Å². The molecule has 8 heteroatoms. The second-order valence-electron chi connectivity index (χ2n) is 12.4. The summed E-state index contributed by atoms with van der Waals surface area (Å²) < 4.78 is 22.1. The molecule has 0 atom stereocenters. The number of carbonyl (C=O) groups excluding carboxylic acids is 2. The Morgan fingerprint density at radius 1 is 0.404 bits per heavy atom. The van der Waals surface area contributed by atoms with E-state index in [9.17, 15) is 9.59 Å². The van der Waals surface area contributed by atoms with Crippen molar-refractivity contribution in [3.05, 3.63) is 179 Å². The molecule has 0 radical (unpaired) electrons. The van der Waals surface area contributed by atoms with E-state index in [4.69, 9.17) is 18.9 Å². The Hall–Kier alpha value is -6.54. The monoisotopic (exact) mass is 690 g/mol. The van der Waals surface area contributed by atoms with E-state index in [0.29, 0.717) is 34.4 Å². The first kappa shape index (κ1) is 33.9. The second kappa shape index (κ2) is 14.0. The van der Waals surface area contributed by atoms with Crippen LogP contribution in [0.3, 0.4) is 0 Å². The lowest BCUT2D eigenvalue weighted by Crippen LogP contribution is -2.37. The summed E-state index contributed by atoms with van der Waals surface area (Å²) in [6, 6.07) is 46.5. The van der Waals surface area contributed by atoms with E-state index >= 15 is 0 Å². The Labute approximate surface area is 303 Å². The van der Waals surface area contributed by atoms with E-state index in [1.165, 1.54) is 0 Å². The van der Waals surface area contributed by atoms with E-state index in [1.807, 2.05) is 146 Å². The molecule has 0 saturated carbocycles. The number of rotatable bonds is 8. The van der Waals surface area contributed by atoms with E-state index in [-0.39, 0.29) is 11.8 Å². The van der Waals surface area contributed by atoms with Gasteiger partial charge in [0.2, 0.25) is 11.8 Å². The molecule has 0 aromatic heterocycles. The molecule has 2 aliphatic rings. The van der Waals surface area contributed by atoms with Gasteiger partial charge in [0.05, 0.1) is 39.8 Å². The highest BCUT2D eigenvalue weighted by molar-refractivity contribution is 6.13. The first-order valence-electron chi connectivity index (χ1n) is 16.8. The summed E-state index contributed by atoms with van der Waals surface area (Å²) in [6.45, 7) is 0. The Kier molecular flexibility index (Phi) is 9.13. The van der Waals surface area contributed by atoms with Crippen molar-refractivity contribution in [1.29, 1.82) is 0 Å². The van der Waals surface area contributed by atoms with Gasteiger partial charge in [0.15, 0.2) is 0 Å². The van der Waals surface area contributed by atoms with Crippen molar-refractivity contribution in [2.75, 3.05) is 39.1 Å². The summed E-state index contributed by atoms with van der Waals surface area (Å²) in [5.74, 6) is 2.30. The minimum atomic E-state index is -0.977. The molecule has 0 spiro atoms. The molecule has 8 rings (SSSR count). The van der Waals surface area contributed by atoms with Gasteiger partial charge in [0.25, 0.3) is 0 Å². The zero-order chi connectivity index (χ0) is 36.3. The molecule has 0 aliphatic carbocycles. The summed E-state index contributed by atoms with van der Waals surface area (Å²) in [6.07, 6.45) is 0. The molecule has 2 amide bonds. The third-order valence-electron chi connectivity index (χ3n) is 9.82. The standard InChI is InChI=1S/2C22H19NO3/c2*1-25-17-13-18-20(19(14-17)26-2)22(21(24)23-18,15-9-5-3-6-10-15)16-11-7-4-8-12-16/h2*3-14H,1-2H3,(H,23,24). The molecule has 2 aliphatic heterocycles. The van der Waals surface area contributed by atoms with Crippen molar-refractivity contribution in [2.24, 2.45) is 0 Å². The van der Waals surface area contributed by atoms with Gasteiger partial charge in [-0.05, 0) is 22.3 Å². The van der Waals surface area contributed by atoms with Gasteiger partial charge in [-0.2, -0.15) is 0 Å². The number of hydrogen-bond acceptors (Lipinski definition) is 6. The summed E-state index contributed by atoms with van der Waals surface area (Å²) in [5, 5.41) is 6.07. The topological polar surface area (TPSA) is 95.1 Å². The van der Waals surface area contributed by atoms with Gasteiger partial charge in [-0.1, -0.05) is 121 Å². The van der Waals surface area contributed by atoms with Crippen molar-refractivity contribution in [1.82, 2.24) is 0 Å². The predicted octanol–water partition coefficient (Wildman–Crippen LogP) is 7.98. The molecule has 0 unspecified atom stereocenters. The van der Waals surface area contributed by atoms with Crippen LogP contribution < -0.4 is 29.6 Å². The number of hydrogen-bond donors (Lipinski definition) is 2. The predicted molar refractivity (Wildman–Crippen MR) is 202 cm³/mol. The maximum absolute atomic E-state index is 13.4. The van der Waals surface area contributed by atoms with Crippen LogP contribution in [-0.4, -0.2) is 40.3 Å². The molecule has 2 heterocycles. The molecular formula is C44H38N2O6. The lowest BCUT2D eigenvalue weighted by Gasteiger charge is -2.30. The van der Waals surface area contributed by atoms with E-state index in [1.54, 1.807) is 28.4 Å².